The van der Waals surface area contributed by atoms with Crippen LogP contribution in [0.3, 0.4) is 0 Å². The summed E-state index contributed by atoms with van der Waals surface area (Å²) < 4.78 is 3.69. The van der Waals surface area contributed by atoms with Crippen molar-refractivity contribution in [3.8, 4) is 5.69 Å². The second-order valence-electron chi connectivity index (χ2n) is 7.29. The Bertz CT molecular complexity index is 932. The zero-order valence-corrected chi connectivity index (χ0v) is 20.5. The standard InChI is InChI=1S/C21H30N8.HI/c1-16(17-8-6-9-19(12-17)29-11-7-10-24-29)26-21(22-2)23-14-20(27(3)4)18-13-25-28(5)15-18;/h6-13,15-16,20H,14H2,1-5H3,(H2,22,23,26);1H. The number of hydrogen-bond acceptors (Lipinski definition) is 4. The first-order valence-corrected chi connectivity index (χ1v) is 9.70. The van der Waals surface area contributed by atoms with Gasteiger partial charge in [0.2, 0.25) is 0 Å². The summed E-state index contributed by atoms with van der Waals surface area (Å²) in [6.07, 6.45) is 7.68. The number of aromatic nitrogens is 4. The molecule has 1 aromatic carbocycles. The van der Waals surface area contributed by atoms with Gasteiger partial charge in [0.25, 0.3) is 0 Å². The summed E-state index contributed by atoms with van der Waals surface area (Å²) in [6, 6.07) is 10.5. The van der Waals surface area contributed by atoms with Gasteiger partial charge >= 0.3 is 0 Å². The first-order chi connectivity index (χ1) is 14.0. The van der Waals surface area contributed by atoms with Crippen molar-refractivity contribution in [3.63, 3.8) is 0 Å². The summed E-state index contributed by atoms with van der Waals surface area (Å²) in [6.45, 7) is 2.85. The third-order valence-electron chi connectivity index (χ3n) is 4.91. The lowest BCUT2D eigenvalue weighted by Gasteiger charge is -2.25. The highest BCUT2D eigenvalue weighted by Gasteiger charge is 2.17. The molecule has 2 N–H and O–H groups in total. The SMILES string of the molecule is CN=C(NCC(c1cnn(C)c1)N(C)C)NC(C)c1cccc(-n2cccn2)c1.I. The van der Waals surface area contributed by atoms with E-state index in [0.717, 1.165) is 23.8 Å². The second-order valence-corrected chi connectivity index (χ2v) is 7.29. The normalized spacial score (nSPS) is 13.6. The molecule has 3 aromatic rings. The first kappa shape index (κ1) is 23.9. The van der Waals surface area contributed by atoms with Crippen LogP contribution in [-0.2, 0) is 7.05 Å². The molecule has 0 saturated heterocycles. The Morgan fingerprint density at radius 3 is 2.60 bits per heavy atom. The maximum atomic E-state index is 4.39. The topological polar surface area (TPSA) is 75.3 Å². The van der Waals surface area contributed by atoms with Crippen LogP contribution >= 0.6 is 24.0 Å². The second kappa shape index (κ2) is 11.1. The third kappa shape index (κ3) is 6.05. The highest BCUT2D eigenvalue weighted by molar-refractivity contribution is 14.0. The van der Waals surface area contributed by atoms with Crippen LogP contribution in [0.5, 0.6) is 0 Å². The van der Waals surface area contributed by atoms with Crippen LogP contribution in [0.25, 0.3) is 5.69 Å². The molecule has 9 heteroatoms. The molecule has 0 radical (unpaired) electrons. The number of nitrogens with one attached hydrogen (secondary N) is 2. The van der Waals surface area contributed by atoms with Crippen LogP contribution in [0.1, 0.15) is 30.1 Å². The number of aliphatic imine (C=N–C) groups is 1. The Balaban J connectivity index is 0.00000320. The summed E-state index contributed by atoms with van der Waals surface area (Å²) in [5, 5.41) is 15.5. The number of rotatable bonds is 7. The van der Waals surface area contributed by atoms with Gasteiger partial charge in [0, 0.05) is 44.8 Å². The predicted octanol–water partition coefficient (Wildman–Crippen LogP) is 2.75. The van der Waals surface area contributed by atoms with Crippen LogP contribution in [0, 0.1) is 0 Å². The molecule has 0 fully saturated rings. The first-order valence-electron chi connectivity index (χ1n) is 9.70. The molecule has 8 nitrogen and oxygen atoms in total. The molecule has 2 atom stereocenters. The molecular weight excluding hydrogens is 491 g/mol. The Kier molecular flexibility index (Phi) is 8.85. The van der Waals surface area contributed by atoms with Gasteiger partial charge < -0.3 is 15.5 Å². The lowest BCUT2D eigenvalue weighted by Crippen LogP contribution is -2.42. The smallest absolute Gasteiger partial charge is 0.191 e. The number of aryl methyl sites for hydroxylation is 1. The molecule has 0 spiro atoms. The Morgan fingerprint density at radius 2 is 2.00 bits per heavy atom. The number of halogens is 1. The summed E-state index contributed by atoms with van der Waals surface area (Å²) in [5.41, 5.74) is 3.37. The summed E-state index contributed by atoms with van der Waals surface area (Å²) in [5.74, 6) is 0.762. The molecule has 30 heavy (non-hydrogen) atoms. The van der Waals surface area contributed by atoms with E-state index in [0.29, 0.717) is 0 Å². The minimum Gasteiger partial charge on any atom is -0.354 e. The van der Waals surface area contributed by atoms with Crippen molar-refractivity contribution in [2.75, 3.05) is 27.7 Å². The monoisotopic (exact) mass is 522 g/mol. The lowest BCUT2D eigenvalue weighted by atomic mass is 10.1. The van der Waals surface area contributed by atoms with Crippen molar-refractivity contribution >= 4 is 29.9 Å². The van der Waals surface area contributed by atoms with E-state index in [-0.39, 0.29) is 36.1 Å². The van der Waals surface area contributed by atoms with E-state index < -0.39 is 0 Å². The molecule has 0 bridgehead atoms. The van der Waals surface area contributed by atoms with Crippen molar-refractivity contribution < 1.29 is 0 Å². The fraction of sp³-hybridized carbons (Fsp3) is 0.381. The van der Waals surface area contributed by atoms with Crippen LogP contribution in [0.15, 0.2) is 60.1 Å². The number of guanidine groups is 1. The van der Waals surface area contributed by atoms with E-state index >= 15 is 0 Å². The molecule has 2 aromatic heterocycles. The predicted molar refractivity (Wildman–Crippen MR) is 132 cm³/mol. The van der Waals surface area contributed by atoms with Crippen molar-refractivity contribution in [3.05, 3.63) is 66.2 Å². The molecule has 0 amide bonds. The van der Waals surface area contributed by atoms with Crippen molar-refractivity contribution in [2.24, 2.45) is 12.0 Å². The van der Waals surface area contributed by atoms with E-state index in [4.69, 9.17) is 0 Å². The molecule has 0 saturated carbocycles. The van der Waals surface area contributed by atoms with Gasteiger partial charge in [-0.3, -0.25) is 9.67 Å². The highest BCUT2D eigenvalue weighted by atomic mass is 127. The highest BCUT2D eigenvalue weighted by Crippen LogP contribution is 2.18. The van der Waals surface area contributed by atoms with Crippen LogP contribution in [0.2, 0.25) is 0 Å². The van der Waals surface area contributed by atoms with Gasteiger partial charge in [-0.2, -0.15) is 10.2 Å². The number of benzene rings is 1. The average molecular weight is 522 g/mol. The average Bonchev–Trinajstić information content (AvgIpc) is 3.39. The molecule has 162 valence electrons. The Morgan fingerprint density at radius 1 is 1.20 bits per heavy atom. The zero-order valence-electron chi connectivity index (χ0n) is 18.1. The van der Waals surface area contributed by atoms with Crippen molar-refractivity contribution in [1.82, 2.24) is 35.1 Å². The van der Waals surface area contributed by atoms with Crippen LogP contribution < -0.4 is 10.6 Å². The van der Waals surface area contributed by atoms with Gasteiger partial charge in [-0.25, -0.2) is 4.68 Å². The largest absolute Gasteiger partial charge is 0.354 e. The molecule has 2 heterocycles. The van der Waals surface area contributed by atoms with Gasteiger partial charge in [0.15, 0.2) is 5.96 Å². The molecule has 2 unspecified atom stereocenters. The fourth-order valence-corrected chi connectivity index (χ4v) is 3.25. The third-order valence-corrected chi connectivity index (χ3v) is 4.91. The van der Waals surface area contributed by atoms with Gasteiger partial charge in [0.1, 0.15) is 0 Å². The van der Waals surface area contributed by atoms with Gasteiger partial charge in [-0.1, -0.05) is 12.1 Å². The molecule has 3 rings (SSSR count). The van der Waals surface area contributed by atoms with E-state index in [1.807, 2.05) is 53.2 Å². The quantitative estimate of drug-likeness (QED) is 0.284. The zero-order chi connectivity index (χ0) is 20.8. The Hall–Kier alpha value is -2.40. The van der Waals surface area contributed by atoms with Gasteiger partial charge in [0.05, 0.1) is 24.0 Å². The minimum absolute atomic E-state index is 0. The maximum Gasteiger partial charge on any atom is 0.191 e. The number of nitrogens with zero attached hydrogens (tertiary/aromatic N) is 6. The molecule has 0 aliphatic carbocycles. The number of likely N-dealkylation sites (N-methyl/N-ethyl adjacent to an activating group) is 1. The Labute approximate surface area is 195 Å². The summed E-state index contributed by atoms with van der Waals surface area (Å²) >= 11 is 0. The lowest BCUT2D eigenvalue weighted by molar-refractivity contribution is 0.298. The van der Waals surface area contributed by atoms with Crippen molar-refractivity contribution in [2.45, 2.75) is 19.0 Å². The fourth-order valence-electron chi connectivity index (χ4n) is 3.25. The number of hydrogen-bond donors (Lipinski definition) is 2. The van der Waals surface area contributed by atoms with Gasteiger partial charge in [-0.15, -0.1) is 24.0 Å². The maximum absolute atomic E-state index is 4.39. The van der Waals surface area contributed by atoms with E-state index in [1.54, 1.807) is 13.2 Å². The van der Waals surface area contributed by atoms with E-state index in [2.05, 4.69) is 63.9 Å². The minimum atomic E-state index is 0. The van der Waals surface area contributed by atoms with Crippen LogP contribution in [0.4, 0.5) is 0 Å². The summed E-state index contributed by atoms with van der Waals surface area (Å²) in [7, 11) is 7.86. The molecule has 0 aliphatic rings. The molecular formula is C21H31IN8. The molecule has 0 aliphatic heterocycles. The van der Waals surface area contributed by atoms with Crippen LogP contribution in [-0.4, -0.2) is 58.1 Å². The summed E-state index contributed by atoms with van der Waals surface area (Å²) in [4.78, 5) is 6.57. The van der Waals surface area contributed by atoms with Crippen molar-refractivity contribution in [1.29, 1.82) is 0 Å². The van der Waals surface area contributed by atoms with Gasteiger partial charge in [-0.05, 0) is 44.8 Å². The van der Waals surface area contributed by atoms with E-state index in [1.165, 1.54) is 5.56 Å². The van der Waals surface area contributed by atoms with E-state index in [9.17, 15) is 0 Å².